The van der Waals surface area contributed by atoms with Crippen molar-refractivity contribution in [1.29, 1.82) is 0 Å². The fourth-order valence-electron chi connectivity index (χ4n) is 2.00. The van der Waals surface area contributed by atoms with Gasteiger partial charge in [-0.2, -0.15) is 0 Å². The van der Waals surface area contributed by atoms with E-state index in [0.717, 1.165) is 31.5 Å². The average molecular weight is 226 g/mol. The van der Waals surface area contributed by atoms with Gasteiger partial charge in [-0.05, 0) is 6.07 Å². The molecule has 4 rings (SSSR count). The number of aromatic amines is 1. The lowest BCUT2D eigenvalue weighted by Crippen LogP contribution is -1.76. The number of aromatic nitrogens is 4. The van der Waals surface area contributed by atoms with Crippen LogP contribution in [0.15, 0.2) is 30.9 Å². The molecule has 0 unspecified atom stereocenters. The number of pyridine rings is 1. The average Bonchev–Trinajstić information content (AvgIpc) is 2.83. The molecule has 0 aromatic carbocycles. The molecule has 76 valence electrons. The largest absolute Gasteiger partial charge is 0.345 e. The van der Waals surface area contributed by atoms with Gasteiger partial charge >= 0.3 is 0 Å². The third-order valence-corrected chi connectivity index (χ3v) is 3.67. The molecular formula is C11H6N4S. The fourth-order valence-corrected chi connectivity index (χ4v) is 3.03. The van der Waals surface area contributed by atoms with E-state index in [1.807, 2.05) is 12.3 Å². The van der Waals surface area contributed by atoms with Crippen LogP contribution in [0.25, 0.3) is 31.5 Å². The van der Waals surface area contributed by atoms with Gasteiger partial charge in [-0.15, -0.1) is 0 Å². The zero-order valence-corrected chi connectivity index (χ0v) is 8.95. The van der Waals surface area contributed by atoms with Crippen LogP contribution in [-0.2, 0) is 0 Å². The van der Waals surface area contributed by atoms with Crippen LogP contribution in [0.1, 0.15) is 0 Å². The molecule has 0 bridgehead atoms. The van der Waals surface area contributed by atoms with E-state index in [0.29, 0.717) is 0 Å². The van der Waals surface area contributed by atoms with Crippen molar-refractivity contribution in [3.05, 3.63) is 30.9 Å². The first-order valence-electron chi connectivity index (χ1n) is 4.88. The number of thiophene rings is 1. The zero-order chi connectivity index (χ0) is 10.5. The summed E-state index contributed by atoms with van der Waals surface area (Å²) < 4.78 is 0. The van der Waals surface area contributed by atoms with Gasteiger partial charge < -0.3 is 4.98 Å². The van der Waals surface area contributed by atoms with Gasteiger partial charge in [-0.1, -0.05) is 11.3 Å². The minimum Gasteiger partial charge on any atom is -0.345 e. The maximum atomic E-state index is 4.40. The van der Waals surface area contributed by atoms with Crippen LogP contribution in [0.2, 0.25) is 0 Å². The number of nitrogens with zero attached hydrogens (tertiary/aromatic N) is 3. The van der Waals surface area contributed by atoms with Gasteiger partial charge in [0, 0.05) is 29.4 Å². The van der Waals surface area contributed by atoms with Crippen molar-refractivity contribution in [2.75, 3.05) is 0 Å². The van der Waals surface area contributed by atoms with Gasteiger partial charge in [-0.25, -0.2) is 4.98 Å². The first-order chi connectivity index (χ1) is 7.93. The highest BCUT2D eigenvalue weighted by Gasteiger charge is 2.12. The summed E-state index contributed by atoms with van der Waals surface area (Å²) in [5.41, 5.74) is 2.02. The number of H-pyrrole nitrogens is 1. The number of hydrogen-bond donors (Lipinski definition) is 1. The second kappa shape index (κ2) is 2.76. The first-order valence-corrected chi connectivity index (χ1v) is 5.70. The van der Waals surface area contributed by atoms with Crippen molar-refractivity contribution < 1.29 is 0 Å². The Morgan fingerprint density at radius 1 is 1.12 bits per heavy atom. The summed E-state index contributed by atoms with van der Waals surface area (Å²) in [7, 11) is 0. The lowest BCUT2D eigenvalue weighted by Gasteiger charge is -1.89. The summed E-state index contributed by atoms with van der Waals surface area (Å²) in [6.07, 6.45) is 7.09. The Morgan fingerprint density at radius 3 is 3.06 bits per heavy atom. The molecule has 0 amide bonds. The Morgan fingerprint density at radius 2 is 2.06 bits per heavy atom. The number of hydrogen-bond acceptors (Lipinski definition) is 4. The maximum absolute atomic E-state index is 4.40. The van der Waals surface area contributed by atoms with Crippen LogP contribution in [0.4, 0.5) is 0 Å². The molecule has 0 saturated heterocycles. The Kier molecular flexibility index (Phi) is 1.41. The summed E-state index contributed by atoms with van der Waals surface area (Å²) in [4.78, 5) is 18.3. The molecule has 1 N–H and O–H groups in total. The third kappa shape index (κ3) is 0.906. The number of nitrogens with one attached hydrogen (secondary N) is 1. The van der Waals surface area contributed by atoms with E-state index < -0.39 is 0 Å². The Balaban J connectivity index is 2.38. The molecule has 0 aliphatic carbocycles. The van der Waals surface area contributed by atoms with Crippen LogP contribution in [-0.4, -0.2) is 19.9 Å². The van der Waals surface area contributed by atoms with Crippen LogP contribution in [0, 0.1) is 0 Å². The molecule has 4 heterocycles. The minimum absolute atomic E-state index is 0.972. The molecule has 4 nitrogen and oxygen atoms in total. The predicted molar refractivity (Wildman–Crippen MR) is 64.6 cm³/mol. The third-order valence-electron chi connectivity index (χ3n) is 2.67. The van der Waals surface area contributed by atoms with Gasteiger partial charge in [0.2, 0.25) is 0 Å². The molecule has 4 aromatic heterocycles. The number of rotatable bonds is 0. The SMILES string of the molecule is c1cc2c(cn1)[nH]c1sc3nccnc3c12. The molecule has 0 fully saturated rings. The van der Waals surface area contributed by atoms with Crippen molar-refractivity contribution in [3.63, 3.8) is 0 Å². The molecule has 0 radical (unpaired) electrons. The molecule has 0 aliphatic rings. The highest BCUT2D eigenvalue weighted by molar-refractivity contribution is 7.25. The Labute approximate surface area is 94.0 Å². The monoisotopic (exact) mass is 226 g/mol. The predicted octanol–water partition coefficient (Wildman–Crippen LogP) is 2.72. The molecule has 4 aromatic rings. The highest BCUT2D eigenvalue weighted by Crippen LogP contribution is 2.35. The topological polar surface area (TPSA) is 54.5 Å². The first kappa shape index (κ1) is 8.18. The standard InChI is InChI=1S/C11H6N4S/c1-2-12-5-7-6(1)8-9-11(14-4-3-13-9)16-10(8)15-7/h1-5,15H. The second-order valence-corrected chi connectivity index (χ2v) is 4.56. The van der Waals surface area contributed by atoms with E-state index in [2.05, 4.69) is 19.9 Å². The number of fused-ring (bicyclic) bond motifs is 5. The van der Waals surface area contributed by atoms with Crippen LogP contribution < -0.4 is 0 Å². The quantitative estimate of drug-likeness (QED) is 0.501. The van der Waals surface area contributed by atoms with E-state index in [4.69, 9.17) is 0 Å². The summed E-state index contributed by atoms with van der Waals surface area (Å²) >= 11 is 1.63. The van der Waals surface area contributed by atoms with E-state index in [1.54, 1.807) is 29.9 Å². The van der Waals surface area contributed by atoms with E-state index >= 15 is 0 Å². The molecule has 0 saturated carbocycles. The summed E-state index contributed by atoms with van der Waals surface area (Å²) in [6.45, 7) is 0. The highest BCUT2D eigenvalue weighted by atomic mass is 32.1. The van der Waals surface area contributed by atoms with Crippen molar-refractivity contribution in [2.45, 2.75) is 0 Å². The van der Waals surface area contributed by atoms with E-state index in [1.165, 1.54) is 0 Å². The van der Waals surface area contributed by atoms with Crippen LogP contribution in [0.5, 0.6) is 0 Å². The molecule has 0 spiro atoms. The fraction of sp³-hybridized carbons (Fsp3) is 0. The molecule has 5 heteroatoms. The minimum atomic E-state index is 0.972. The van der Waals surface area contributed by atoms with Gasteiger partial charge in [0.1, 0.15) is 15.2 Å². The molecule has 0 aliphatic heterocycles. The lowest BCUT2D eigenvalue weighted by molar-refractivity contribution is 1.32. The lowest BCUT2D eigenvalue weighted by atomic mass is 10.2. The second-order valence-electron chi connectivity index (χ2n) is 3.56. The van der Waals surface area contributed by atoms with Gasteiger partial charge in [-0.3, -0.25) is 9.97 Å². The Bertz CT molecular complexity index is 749. The molecule has 0 atom stereocenters. The zero-order valence-electron chi connectivity index (χ0n) is 8.14. The van der Waals surface area contributed by atoms with Gasteiger partial charge in [0.05, 0.1) is 11.7 Å². The Hall–Kier alpha value is -2.01. The summed E-state index contributed by atoms with van der Waals surface area (Å²) in [5.74, 6) is 0. The summed E-state index contributed by atoms with van der Waals surface area (Å²) in [5, 5.41) is 2.32. The maximum Gasteiger partial charge on any atom is 0.144 e. The van der Waals surface area contributed by atoms with Gasteiger partial charge in [0.25, 0.3) is 0 Å². The van der Waals surface area contributed by atoms with E-state index in [9.17, 15) is 0 Å². The van der Waals surface area contributed by atoms with Crippen molar-refractivity contribution in [1.82, 2.24) is 19.9 Å². The van der Waals surface area contributed by atoms with Crippen LogP contribution >= 0.6 is 11.3 Å². The smallest absolute Gasteiger partial charge is 0.144 e. The molecular weight excluding hydrogens is 220 g/mol. The van der Waals surface area contributed by atoms with E-state index in [-0.39, 0.29) is 0 Å². The van der Waals surface area contributed by atoms with Crippen molar-refractivity contribution in [3.8, 4) is 0 Å². The molecule has 16 heavy (non-hydrogen) atoms. The van der Waals surface area contributed by atoms with Crippen LogP contribution in [0.3, 0.4) is 0 Å². The van der Waals surface area contributed by atoms with Crippen molar-refractivity contribution >= 4 is 42.8 Å². The normalized spacial score (nSPS) is 11.8. The van der Waals surface area contributed by atoms with Crippen molar-refractivity contribution in [2.24, 2.45) is 0 Å². The van der Waals surface area contributed by atoms with Gasteiger partial charge in [0.15, 0.2) is 0 Å². The summed E-state index contributed by atoms with van der Waals surface area (Å²) in [6, 6.07) is 2.01.